The Bertz CT molecular complexity index is 617. The summed E-state index contributed by atoms with van der Waals surface area (Å²) >= 11 is 0. The fourth-order valence-electron chi connectivity index (χ4n) is 5.99. The maximum absolute atomic E-state index is 12.3. The van der Waals surface area contributed by atoms with E-state index in [-0.39, 0.29) is 24.1 Å². The van der Waals surface area contributed by atoms with Crippen molar-refractivity contribution in [1.29, 1.82) is 0 Å². The van der Waals surface area contributed by atoms with Crippen molar-refractivity contribution < 1.29 is 28.7 Å². The molecule has 2 atom stereocenters. The molecule has 0 bridgehead atoms. The van der Waals surface area contributed by atoms with Crippen molar-refractivity contribution >= 4 is 20.5 Å². The van der Waals surface area contributed by atoms with Crippen LogP contribution in [0.1, 0.15) is 206 Å². The van der Waals surface area contributed by atoms with Crippen molar-refractivity contribution in [1.82, 2.24) is 0 Å². The number of aliphatic hydroxyl groups is 2. The Morgan fingerprint density at radius 2 is 0.689 bits per heavy atom. The molecule has 0 aromatic heterocycles. The first-order valence-corrected chi connectivity index (χ1v) is 22.3. The second-order valence-corrected chi connectivity index (χ2v) is 17.3. The van der Waals surface area contributed by atoms with Gasteiger partial charge in [-0.3, -0.25) is 9.59 Å². The molecule has 0 aliphatic rings. The topological polar surface area (TPSA) is 93.1 Å². The highest BCUT2D eigenvalue weighted by atomic mass is 28.4. The molecule has 268 valence electrons. The maximum Gasteiger partial charge on any atom is 0.457 e. The molecule has 0 rings (SSSR count). The first-order chi connectivity index (χ1) is 21.7. The van der Waals surface area contributed by atoms with Crippen LogP contribution in [0.2, 0.25) is 13.1 Å². The number of hydrogen-bond acceptors (Lipinski definition) is 6. The van der Waals surface area contributed by atoms with Crippen LogP contribution in [0.3, 0.4) is 0 Å². The molecule has 7 heteroatoms. The van der Waals surface area contributed by atoms with E-state index in [0.29, 0.717) is 12.8 Å². The third-order valence-electron chi connectivity index (χ3n) is 8.84. The summed E-state index contributed by atoms with van der Waals surface area (Å²) < 4.78 is 11.2. The van der Waals surface area contributed by atoms with Gasteiger partial charge in [-0.1, -0.05) is 155 Å². The molecule has 0 aromatic rings. The van der Waals surface area contributed by atoms with Crippen molar-refractivity contribution in [3.05, 3.63) is 0 Å². The fraction of sp³-hybridized carbons (Fsp3) is 0.947. The first-order valence-electron chi connectivity index (χ1n) is 19.5. The lowest BCUT2D eigenvalue weighted by Gasteiger charge is -2.22. The molecule has 0 heterocycles. The zero-order chi connectivity index (χ0) is 33.4. The molecule has 0 amide bonds. The molecule has 0 fully saturated rings. The van der Waals surface area contributed by atoms with E-state index in [9.17, 15) is 19.8 Å². The second kappa shape index (κ2) is 31.7. The summed E-state index contributed by atoms with van der Waals surface area (Å²) in [6.45, 7) is 7.98. The van der Waals surface area contributed by atoms with Crippen LogP contribution in [0.5, 0.6) is 0 Å². The Labute approximate surface area is 280 Å². The Kier molecular flexibility index (Phi) is 31.0. The Morgan fingerprint density at radius 1 is 0.444 bits per heavy atom. The number of hydrogen-bond donors (Lipinski definition) is 2. The molecule has 0 saturated heterocycles. The van der Waals surface area contributed by atoms with E-state index in [1.807, 2.05) is 0 Å². The predicted octanol–water partition coefficient (Wildman–Crippen LogP) is 11.2. The number of aliphatic hydroxyl groups excluding tert-OH is 2. The standard InChI is InChI=1S/C38H76O6Si/c1-5-7-9-23-29-35(39)31-25-19-15-11-13-17-21-27-33-37(41)43-45(3,4)44-38(42)34-28-22-18-14-12-16-20-26-32-36(40)30-24-10-8-6-2/h35-36,39-40H,5-34H2,1-4H3. The smallest absolute Gasteiger partial charge is 0.457 e. The minimum absolute atomic E-state index is 0.115. The zero-order valence-corrected chi connectivity index (χ0v) is 31.4. The van der Waals surface area contributed by atoms with Gasteiger partial charge in [0.25, 0.3) is 11.9 Å². The van der Waals surface area contributed by atoms with Crippen molar-refractivity contribution in [2.75, 3.05) is 0 Å². The zero-order valence-electron chi connectivity index (χ0n) is 30.4. The average molecular weight is 657 g/mol. The van der Waals surface area contributed by atoms with Gasteiger partial charge < -0.3 is 19.1 Å². The number of unbranched alkanes of at least 4 members (excludes halogenated alkanes) is 20. The van der Waals surface area contributed by atoms with Crippen LogP contribution in [0, 0.1) is 0 Å². The van der Waals surface area contributed by atoms with Crippen LogP contribution in [-0.2, 0) is 18.4 Å². The van der Waals surface area contributed by atoms with E-state index in [2.05, 4.69) is 13.8 Å². The van der Waals surface area contributed by atoms with Crippen LogP contribution in [0.15, 0.2) is 0 Å². The molecular formula is C38H76O6Si. The molecule has 0 spiro atoms. The summed E-state index contributed by atoms with van der Waals surface area (Å²) in [5.74, 6) is -0.483. The second-order valence-electron chi connectivity index (χ2n) is 14.1. The van der Waals surface area contributed by atoms with Crippen molar-refractivity contribution in [2.45, 2.75) is 232 Å². The van der Waals surface area contributed by atoms with Crippen LogP contribution in [0.25, 0.3) is 0 Å². The highest BCUT2D eigenvalue weighted by Crippen LogP contribution is 2.17. The van der Waals surface area contributed by atoms with E-state index in [1.165, 1.54) is 89.9 Å². The van der Waals surface area contributed by atoms with E-state index in [0.717, 1.165) is 89.9 Å². The third-order valence-corrected chi connectivity index (χ3v) is 10.3. The van der Waals surface area contributed by atoms with Crippen molar-refractivity contribution in [3.8, 4) is 0 Å². The van der Waals surface area contributed by atoms with Crippen LogP contribution in [-0.4, -0.2) is 42.9 Å². The maximum atomic E-state index is 12.3. The monoisotopic (exact) mass is 657 g/mol. The van der Waals surface area contributed by atoms with Crippen molar-refractivity contribution in [2.24, 2.45) is 0 Å². The third kappa shape index (κ3) is 32.8. The summed E-state index contributed by atoms with van der Waals surface area (Å²) in [4.78, 5) is 24.6. The van der Waals surface area contributed by atoms with Crippen LogP contribution >= 0.6 is 0 Å². The van der Waals surface area contributed by atoms with Crippen molar-refractivity contribution in [3.63, 3.8) is 0 Å². The van der Waals surface area contributed by atoms with E-state index in [1.54, 1.807) is 13.1 Å². The van der Waals surface area contributed by atoms with Gasteiger partial charge in [0.2, 0.25) is 0 Å². The number of carbonyl (C=O) groups excluding carboxylic acids is 2. The van der Waals surface area contributed by atoms with E-state index < -0.39 is 8.56 Å². The van der Waals surface area contributed by atoms with Gasteiger partial charge in [0.15, 0.2) is 0 Å². The average Bonchev–Trinajstić information content (AvgIpc) is 2.98. The molecule has 6 nitrogen and oxygen atoms in total. The molecule has 0 aromatic carbocycles. The number of rotatable bonds is 34. The van der Waals surface area contributed by atoms with Gasteiger partial charge in [-0.05, 0) is 38.5 Å². The minimum Gasteiger partial charge on any atom is -0.485 e. The van der Waals surface area contributed by atoms with Crippen LogP contribution < -0.4 is 0 Å². The normalized spacial score (nSPS) is 13.1. The molecule has 2 N–H and O–H groups in total. The summed E-state index contributed by atoms with van der Waals surface area (Å²) in [6, 6.07) is 0. The molecule has 2 unspecified atom stereocenters. The van der Waals surface area contributed by atoms with Gasteiger partial charge in [-0.2, -0.15) is 0 Å². The Morgan fingerprint density at radius 3 is 0.978 bits per heavy atom. The largest absolute Gasteiger partial charge is 0.485 e. The van der Waals surface area contributed by atoms with Gasteiger partial charge in [-0.25, -0.2) is 0 Å². The fourth-order valence-corrected chi connectivity index (χ4v) is 7.34. The molecule has 0 radical (unpaired) electrons. The van der Waals surface area contributed by atoms with Crippen LogP contribution in [0.4, 0.5) is 0 Å². The molecule has 0 aliphatic carbocycles. The quantitative estimate of drug-likeness (QED) is 0.0529. The molecule has 0 saturated carbocycles. The van der Waals surface area contributed by atoms with E-state index >= 15 is 0 Å². The predicted molar refractivity (Wildman–Crippen MR) is 192 cm³/mol. The molecule has 45 heavy (non-hydrogen) atoms. The van der Waals surface area contributed by atoms with Gasteiger partial charge >= 0.3 is 8.56 Å². The summed E-state index contributed by atoms with van der Waals surface area (Å²) in [5.41, 5.74) is 0. The summed E-state index contributed by atoms with van der Waals surface area (Å²) in [5, 5.41) is 20.1. The summed E-state index contributed by atoms with van der Waals surface area (Å²) in [7, 11) is -2.79. The molecular weight excluding hydrogens is 580 g/mol. The highest BCUT2D eigenvalue weighted by molar-refractivity contribution is 6.67. The lowest BCUT2D eigenvalue weighted by Crippen LogP contribution is -2.39. The molecule has 0 aliphatic heterocycles. The van der Waals surface area contributed by atoms with Gasteiger partial charge in [-0.15, -0.1) is 0 Å². The van der Waals surface area contributed by atoms with E-state index in [4.69, 9.17) is 8.85 Å². The summed E-state index contributed by atoms with van der Waals surface area (Å²) in [6.07, 6.45) is 32.1. The SMILES string of the molecule is CCCCCCC(O)CCCCCCCCCCC(=O)O[Si](C)(C)OC(=O)CCCCCCCCCCC(O)CCCCCC. The lowest BCUT2D eigenvalue weighted by molar-refractivity contribution is -0.141. The van der Waals surface area contributed by atoms with Gasteiger partial charge in [0.1, 0.15) is 0 Å². The van der Waals surface area contributed by atoms with Gasteiger partial charge in [0.05, 0.1) is 12.2 Å². The highest BCUT2D eigenvalue weighted by Gasteiger charge is 2.33. The Hall–Kier alpha value is -0.923. The Balaban J connectivity index is 3.61. The lowest BCUT2D eigenvalue weighted by atomic mass is 10.0. The van der Waals surface area contributed by atoms with Gasteiger partial charge in [0, 0.05) is 25.9 Å². The number of carbonyl (C=O) groups is 2. The first kappa shape index (κ1) is 44.1. The minimum atomic E-state index is -2.79.